The van der Waals surface area contributed by atoms with Gasteiger partial charge in [-0.25, -0.2) is 13.2 Å². The van der Waals surface area contributed by atoms with Gasteiger partial charge in [-0.15, -0.1) is 0 Å². The van der Waals surface area contributed by atoms with Gasteiger partial charge in [-0.2, -0.15) is 5.26 Å². The van der Waals surface area contributed by atoms with Crippen molar-refractivity contribution in [3.8, 4) is 11.9 Å². The van der Waals surface area contributed by atoms with E-state index in [1.165, 1.54) is 19.2 Å². The highest BCUT2D eigenvalue weighted by molar-refractivity contribution is 7.91. The summed E-state index contributed by atoms with van der Waals surface area (Å²) in [5.74, 6) is -0.796. The van der Waals surface area contributed by atoms with E-state index < -0.39 is 32.9 Å². The summed E-state index contributed by atoms with van der Waals surface area (Å²) >= 11 is 0. The Bertz CT molecular complexity index is 1510. The number of pyridine rings is 1. The van der Waals surface area contributed by atoms with E-state index in [0.29, 0.717) is 16.7 Å². The fourth-order valence-corrected chi connectivity index (χ4v) is 5.39. The predicted molar refractivity (Wildman–Crippen MR) is 114 cm³/mol. The van der Waals surface area contributed by atoms with Crippen LogP contribution in [0.1, 0.15) is 29.2 Å². The van der Waals surface area contributed by atoms with Crippen molar-refractivity contribution in [3.05, 3.63) is 67.8 Å². The van der Waals surface area contributed by atoms with Gasteiger partial charge in [-0.3, -0.25) is 14.4 Å². The number of fused-ring (bicyclic) bond motifs is 1. The van der Waals surface area contributed by atoms with Gasteiger partial charge in [0.15, 0.2) is 9.84 Å². The number of aromatic nitrogens is 1. The zero-order valence-corrected chi connectivity index (χ0v) is 17.2. The van der Waals surface area contributed by atoms with Gasteiger partial charge in [-0.05, 0) is 43.2 Å². The first-order valence-corrected chi connectivity index (χ1v) is 11.2. The molecule has 0 spiro atoms. The third-order valence-corrected chi connectivity index (χ3v) is 7.06. The van der Waals surface area contributed by atoms with Gasteiger partial charge in [0.2, 0.25) is 5.88 Å². The molecule has 0 amide bonds. The molecule has 1 aromatic carbocycles. The summed E-state index contributed by atoms with van der Waals surface area (Å²) in [6.07, 6.45) is 1.50. The first-order valence-electron chi connectivity index (χ1n) is 9.37. The third-order valence-electron chi connectivity index (χ3n) is 5.31. The van der Waals surface area contributed by atoms with Gasteiger partial charge in [0.05, 0.1) is 28.8 Å². The summed E-state index contributed by atoms with van der Waals surface area (Å²) < 4.78 is 29.8. The molecule has 3 heterocycles. The van der Waals surface area contributed by atoms with Gasteiger partial charge >= 0.3 is 5.63 Å². The molecule has 1 fully saturated rings. The van der Waals surface area contributed by atoms with E-state index in [2.05, 4.69) is 4.99 Å². The van der Waals surface area contributed by atoms with Crippen molar-refractivity contribution in [1.29, 1.82) is 5.26 Å². The minimum Gasteiger partial charge on any atom is -0.494 e. The molecule has 4 rings (SSSR count). The van der Waals surface area contributed by atoms with Gasteiger partial charge in [0, 0.05) is 17.7 Å². The molecule has 1 atom stereocenters. The van der Waals surface area contributed by atoms with Crippen LogP contribution in [0.4, 0.5) is 5.69 Å². The van der Waals surface area contributed by atoms with Crippen molar-refractivity contribution in [2.24, 2.45) is 4.99 Å². The van der Waals surface area contributed by atoms with Crippen molar-refractivity contribution in [1.82, 2.24) is 4.57 Å². The summed E-state index contributed by atoms with van der Waals surface area (Å²) in [4.78, 5) is 28.4. The van der Waals surface area contributed by atoms with Crippen LogP contribution in [0.3, 0.4) is 0 Å². The van der Waals surface area contributed by atoms with Crippen LogP contribution in [-0.2, 0) is 9.84 Å². The molecule has 2 aromatic heterocycles. The largest absolute Gasteiger partial charge is 0.494 e. The fourth-order valence-electron chi connectivity index (χ4n) is 3.69. The zero-order chi connectivity index (χ0) is 22.3. The second-order valence-electron chi connectivity index (χ2n) is 7.32. The van der Waals surface area contributed by atoms with E-state index in [1.54, 1.807) is 24.3 Å². The van der Waals surface area contributed by atoms with Crippen molar-refractivity contribution >= 4 is 32.7 Å². The molecule has 0 bridgehead atoms. The molecular formula is C21H17N3O6S. The Kier molecular flexibility index (Phi) is 4.99. The van der Waals surface area contributed by atoms with E-state index in [0.717, 1.165) is 4.57 Å². The number of nitrogens with zero attached hydrogens (tertiary/aromatic N) is 3. The molecule has 0 unspecified atom stereocenters. The molecule has 9 nitrogen and oxygen atoms in total. The van der Waals surface area contributed by atoms with Crippen LogP contribution in [0.5, 0.6) is 5.88 Å². The molecule has 1 aliphatic heterocycles. The molecular weight excluding hydrogens is 422 g/mol. The summed E-state index contributed by atoms with van der Waals surface area (Å²) in [7, 11) is -3.32. The molecule has 1 aliphatic rings. The van der Waals surface area contributed by atoms with E-state index in [1.807, 2.05) is 6.07 Å². The summed E-state index contributed by atoms with van der Waals surface area (Å²) in [6, 6.07) is 8.85. The predicted octanol–water partition coefficient (Wildman–Crippen LogP) is 1.95. The Morgan fingerprint density at radius 1 is 1.29 bits per heavy atom. The molecule has 31 heavy (non-hydrogen) atoms. The molecule has 158 valence electrons. The lowest BCUT2D eigenvalue weighted by atomic mass is 10.0. The molecule has 0 aliphatic carbocycles. The molecule has 1 N–H and O–H groups in total. The van der Waals surface area contributed by atoms with Gasteiger partial charge in [0.25, 0.3) is 5.56 Å². The quantitative estimate of drug-likeness (QED) is 0.485. The van der Waals surface area contributed by atoms with Crippen LogP contribution in [0.25, 0.3) is 11.0 Å². The lowest BCUT2D eigenvalue weighted by Gasteiger charge is -2.18. The summed E-state index contributed by atoms with van der Waals surface area (Å²) in [5.41, 5.74) is -0.0864. The van der Waals surface area contributed by atoms with Gasteiger partial charge in [0.1, 0.15) is 17.2 Å². The third kappa shape index (κ3) is 3.75. The zero-order valence-electron chi connectivity index (χ0n) is 16.4. The lowest BCUT2D eigenvalue weighted by molar-refractivity contribution is 0.379. The molecule has 10 heteroatoms. The highest BCUT2D eigenvalue weighted by Gasteiger charge is 2.33. The Morgan fingerprint density at radius 2 is 2.06 bits per heavy atom. The number of rotatable bonds is 3. The smallest absolute Gasteiger partial charge is 0.336 e. The van der Waals surface area contributed by atoms with Gasteiger partial charge in [-0.1, -0.05) is 0 Å². The molecule has 0 saturated carbocycles. The van der Waals surface area contributed by atoms with Crippen LogP contribution < -0.4 is 11.2 Å². The van der Waals surface area contributed by atoms with Crippen LogP contribution in [-0.4, -0.2) is 35.8 Å². The summed E-state index contributed by atoms with van der Waals surface area (Å²) in [6.45, 7) is 1.52. The maximum Gasteiger partial charge on any atom is 0.336 e. The van der Waals surface area contributed by atoms with Crippen molar-refractivity contribution in [3.63, 3.8) is 0 Å². The molecule has 0 radical (unpaired) electrons. The standard InChI is InChI=1S/C21H17N3O6S/c1-12-16(9-22)20(26)24(15-6-7-31(28,29)11-15)21(27)17(12)10-23-14-3-4-18-13(8-14)2-5-19(25)30-18/h2-5,8,10,15,27H,6-7,11H2,1H3/t15-/m1/s1. The van der Waals surface area contributed by atoms with E-state index in [-0.39, 0.29) is 34.6 Å². The number of aromatic hydroxyl groups is 1. The van der Waals surface area contributed by atoms with E-state index >= 15 is 0 Å². The average molecular weight is 439 g/mol. The SMILES string of the molecule is Cc1c(C=Nc2ccc3oc(=O)ccc3c2)c(O)n([C@@H]2CCS(=O)(=O)C2)c(=O)c1C#N. The second-order valence-corrected chi connectivity index (χ2v) is 9.54. The Morgan fingerprint density at radius 3 is 2.74 bits per heavy atom. The van der Waals surface area contributed by atoms with Crippen LogP contribution in [0.15, 0.2) is 49.3 Å². The van der Waals surface area contributed by atoms with Crippen LogP contribution in [0, 0.1) is 18.3 Å². The van der Waals surface area contributed by atoms with Crippen molar-refractivity contribution in [2.45, 2.75) is 19.4 Å². The second kappa shape index (κ2) is 7.52. The number of benzene rings is 1. The van der Waals surface area contributed by atoms with E-state index in [4.69, 9.17) is 4.42 Å². The minimum absolute atomic E-state index is 0.0874. The Hall–Kier alpha value is -3.71. The first kappa shape index (κ1) is 20.6. The lowest BCUT2D eigenvalue weighted by Crippen LogP contribution is -2.29. The van der Waals surface area contributed by atoms with Crippen LogP contribution in [0.2, 0.25) is 0 Å². The van der Waals surface area contributed by atoms with Gasteiger partial charge < -0.3 is 9.52 Å². The van der Waals surface area contributed by atoms with E-state index in [9.17, 15) is 28.4 Å². The maximum absolute atomic E-state index is 12.7. The summed E-state index contributed by atoms with van der Waals surface area (Å²) in [5, 5.41) is 20.9. The number of aliphatic imine (C=N–C) groups is 1. The number of hydrogen-bond acceptors (Lipinski definition) is 8. The first-order chi connectivity index (χ1) is 14.7. The fraction of sp³-hybridized carbons (Fsp3) is 0.238. The van der Waals surface area contributed by atoms with Crippen molar-refractivity contribution in [2.75, 3.05) is 11.5 Å². The Labute approximate surface area is 176 Å². The monoisotopic (exact) mass is 439 g/mol. The molecule has 1 saturated heterocycles. The average Bonchev–Trinajstić information content (AvgIpc) is 3.07. The number of hydrogen-bond donors (Lipinski definition) is 1. The number of nitriles is 1. The normalized spacial score (nSPS) is 17.9. The maximum atomic E-state index is 12.7. The Balaban J connectivity index is 1.82. The van der Waals surface area contributed by atoms with Crippen molar-refractivity contribution < 1.29 is 17.9 Å². The number of sulfone groups is 1. The highest BCUT2D eigenvalue weighted by atomic mass is 32.2. The van der Waals surface area contributed by atoms with Crippen LogP contribution >= 0.6 is 0 Å². The topological polar surface area (TPSA) is 143 Å². The minimum atomic E-state index is -3.32. The molecule has 3 aromatic rings. The highest BCUT2D eigenvalue weighted by Crippen LogP contribution is 2.30.